The quantitative estimate of drug-likeness (QED) is 0.738. The van der Waals surface area contributed by atoms with Crippen LogP contribution in [0.2, 0.25) is 0 Å². The Balaban J connectivity index is 2.07. The zero-order chi connectivity index (χ0) is 12.3. The molecular formula is C13H18N2O2. The van der Waals surface area contributed by atoms with E-state index in [0.29, 0.717) is 11.5 Å². The molecule has 0 aromatic heterocycles. The van der Waals surface area contributed by atoms with Gasteiger partial charge in [0, 0.05) is 6.04 Å². The average molecular weight is 234 g/mol. The Kier molecular flexibility index (Phi) is 3.76. The molecule has 4 nitrogen and oxygen atoms in total. The van der Waals surface area contributed by atoms with Crippen LogP contribution in [0.1, 0.15) is 34.8 Å². The molecule has 1 aliphatic rings. The topological polar surface area (TPSA) is 75.4 Å². The summed E-state index contributed by atoms with van der Waals surface area (Å²) in [4.78, 5) is 10.7. The third-order valence-electron chi connectivity index (χ3n) is 3.43. The minimum atomic E-state index is -0.896. The molecule has 92 valence electrons. The van der Waals surface area contributed by atoms with Crippen LogP contribution >= 0.6 is 0 Å². The van der Waals surface area contributed by atoms with Crippen LogP contribution in [-0.2, 0) is 0 Å². The van der Waals surface area contributed by atoms with E-state index in [9.17, 15) is 4.79 Å². The van der Waals surface area contributed by atoms with E-state index in [1.807, 2.05) is 12.1 Å². The van der Waals surface area contributed by atoms with Crippen molar-refractivity contribution in [2.75, 3.05) is 13.1 Å². The van der Waals surface area contributed by atoms with E-state index < -0.39 is 5.97 Å². The van der Waals surface area contributed by atoms with Crippen LogP contribution in [0.15, 0.2) is 24.3 Å². The van der Waals surface area contributed by atoms with Crippen molar-refractivity contribution in [1.82, 2.24) is 5.32 Å². The molecule has 2 rings (SSSR count). The monoisotopic (exact) mass is 234 g/mol. The molecule has 1 saturated heterocycles. The molecule has 0 amide bonds. The second-order valence-corrected chi connectivity index (χ2v) is 4.54. The van der Waals surface area contributed by atoms with Crippen LogP contribution < -0.4 is 11.1 Å². The van der Waals surface area contributed by atoms with Crippen molar-refractivity contribution in [3.8, 4) is 0 Å². The number of carbonyl (C=O) groups is 1. The van der Waals surface area contributed by atoms with Gasteiger partial charge in [0.2, 0.25) is 0 Å². The van der Waals surface area contributed by atoms with Gasteiger partial charge in [-0.15, -0.1) is 0 Å². The molecule has 1 aromatic carbocycles. The van der Waals surface area contributed by atoms with Crippen molar-refractivity contribution in [3.05, 3.63) is 35.4 Å². The van der Waals surface area contributed by atoms with Crippen LogP contribution in [0.25, 0.3) is 0 Å². The highest BCUT2D eigenvalue weighted by Gasteiger charge is 2.21. The molecule has 4 heteroatoms. The second-order valence-electron chi connectivity index (χ2n) is 4.54. The molecule has 0 bridgehead atoms. The third kappa shape index (κ3) is 2.84. The Bertz CT molecular complexity index is 383. The van der Waals surface area contributed by atoms with Crippen LogP contribution in [0.5, 0.6) is 0 Å². The van der Waals surface area contributed by atoms with Gasteiger partial charge in [0.15, 0.2) is 0 Å². The van der Waals surface area contributed by atoms with E-state index >= 15 is 0 Å². The van der Waals surface area contributed by atoms with E-state index in [1.54, 1.807) is 12.1 Å². The molecule has 1 unspecified atom stereocenters. The maximum Gasteiger partial charge on any atom is 0.335 e. The lowest BCUT2D eigenvalue weighted by Gasteiger charge is -2.28. The van der Waals surface area contributed by atoms with Gasteiger partial charge in [-0.05, 0) is 49.5 Å². The standard InChI is InChI=1S/C13H18N2O2/c14-12(10-5-7-15-8-6-10)9-1-3-11(4-2-9)13(16)17/h1-4,10,12,15H,5-8,14H2,(H,16,17). The summed E-state index contributed by atoms with van der Waals surface area (Å²) in [7, 11) is 0. The normalized spacial score (nSPS) is 18.9. The molecule has 1 fully saturated rings. The van der Waals surface area contributed by atoms with Gasteiger partial charge < -0.3 is 16.2 Å². The number of carboxylic acid groups (broad SMARTS) is 1. The smallest absolute Gasteiger partial charge is 0.335 e. The predicted molar refractivity (Wildman–Crippen MR) is 65.9 cm³/mol. The largest absolute Gasteiger partial charge is 0.478 e. The van der Waals surface area contributed by atoms with Gasteiger partial charge >= 0.3 is 5.97 Å². The fourth-order valence-corrected chi connectivity index (χ4v) is 2.32. The highest BCUT2D eigenvalue weighted by molar-refractivity contribution is 5.87. The highest BCUT2D eigenvalue weighted by Crippen LogP contribution is 2.26. The molecule has 1 aliphatic heterocycles. The van der Waals surface area contributed by atoms with Crippen molar-refractivity contribution in [3.63, 3.8) is 0 Å². The summed E-state index contributed by atoms with van der Waals surface area (Å²) in [5, 5.41) is 12.1. The maximum atomic E-state index is 10.7. The molecule has 17 heavy (non-hydrogen) atoms. The molecule has 1 atom stereocenters. The Hall–Kier alpha value is -1.39. The molecule has 0 saturated carbocycles. The van der Waals surface area contributed by atoms with Gasteiger partial charge in [-0.1, -0.05) is 12.1 Å². The van der Waals surface area contributed by atoms with Crippen molar-refractivity contribution in [1.29, 1.82) is 0 Å². The second kappa shape index (κ2) is 5.29. The first-order valence-electron chi connectivity index (χ1n) is 5.98. The number of hydrogen-bond donors (Lipinski definition) is 3. The molecule has 1 heterocycles. The van der Waals surface area contributed by atoms with E-state index in [4.69, 9.17) is 10.8 Å². The lowest BCUT2D eigenvalue weighted by atomic mass is 9.86. The minimum Gasteiger partial charge on any atom is -0.478 e. The fourth-order valence-electron chi connectivity index (χ4n) is 2.32. The summed E-state index contributed by atoms with van der Waals surface area (Å²) in [6, 6.07) is 6.92. The van der Waals surface area contributed by atoms with E-state index in [1.165, 1.54) is 0 Å². The summed E-state index contributed by atoms with van der Waals surface area (Å²) >= 11 is 0. The first-order valence-corrected chi connectivity index (χ1v) is 5.98. The number of hydrogen-bond acceptors (Lipinski definition) is 3. The lowest BCUT2D eigenvalue weighted by Crippen LogP contribution is -2.33. The third-order valence-corrected chi connectivity index (χ3v) is 3.43. The first-order chi connectivity index (χ1) is 8.18. The Labute approximate surface area is 101 Å². The van der Waals surface area contributed by atoms with Gasteiger partial charge in [-0.2, -0.15) is 0 Å². The summed E-state index contributed by atoms with van der Waals surface area (Å²) < 4.78 is 0. The van der Waals surface area contributed by atoms with Crippen LogP contribution in [-0.4, -0.2) is 24.2 Å². The van der Waals surface area contributed by atoms with Crippen molar-refractivity contribution < 1.29 is 9.90 Å². The number of benzene rings is 1. The lowest BCUT2D eigenvalue weighted by molar-refractivity contribution is 0.0697. The summed E-state index contributed by atoms with van der Waals surface area (Å²) in [5.41, 5.74) is 7.56. The number of nitrogens with two attached hydrogens (primary N) is 1. The number of aromatic carboxylic acids is 1. The first kappa shape index (κ1) is 12.1. The molecule has 1 aromatic rings. The van der Waals surface area contributed by atoms with Gasteiger partial charge in [-0.25, -0.2) is 4.79 Å². The highest BCUT2D eigenvalue weighted by atomic mass is 16.4. The summed E-state index contributed by atoms with van der Waals surface area (Å²) in [6.45, 7) is 2.04. The average Bonchev–Trinajstić information content (AvgIpc) is 2.39. The maximum absolute atomic E-state index is 10.7. The van der Waals surface area contributed by atoms with Crippen LogP contribution in [0, 0.1) is 5.92 Å². The number of nitrogens with one attached hydrogen (secondary N) is 1. The zero-order valence-electron chi connectivity index (χ0n) is 9.73. The molecule has 0 spiro atoms. The Morgan fingerprint density at radius 1 is 1.29 bits per heavy atom. The van der Waals surface area contributed by atoms with Gasteiger partial charge in [0.05, 0.1) is 5.56 Å². The zero-order valence-corrected chi connectivity index (χ0v) is 9.73. The van der Waals surface area contributed by atoms with Gasteiger partial charge in [-0.3, -0.25) is 0 Å². The van der Waals surface area contributed by atoms with Crippen molar-refractivity contribution in [2.24, 2.45) is 11.7 Å². The van der Waals surface area contributed by atoms with Crippen LogP contribution in [0.4, 0.5) is 0 Å². The van der Waals surface area contributed by atoms with Crippen molar-refractivity contribution >= 4 is 5.97 Å². The Morgan fingerprint density at radius 2 is 1.88 bits per heavy atom. The van der Waals surface area contributed by atoms with E-state index in [0.717, 1.165) is 31.5 Å². The predicted octanol–water partition coefficient (Wildman–Crippen LogP) is 1.38. The fraction of sp³-hybridized carbons (Fsp3) is 0.462. The van der Waals surface area contributed by atoms with Gasteiger partial charge in [0.1, 0.15) is 0 Å². The SMILES string of the molecule is NC(c1ccc(C(=O)O)cc1)C1CCNCC1. The van der Waals surface area contributed by atoms with E-state index in [2.05, 4.69) is 5.32 Å². The molecule has 0 radical (unpaired) electrons. The molecule has 0 aliphatic carbocycles. The van der Waals surface area contributed by atoms with Crippen LogP contribution in [0.3, 0.4) is 0 Å². The van der Waals surface area contributed by atoms with Gasteiger partial charge in [0.25, 0.3) is 0 Å². The molecule has 4 N–H and O–H groups in total. The Morgan fingerprint density at radius 3 is 2.41 bits per heavy atom. The summed E-state index contributed by atoms with van der Waals surface area (Å²) in [6.07, 6.45) is 2.17. The number of piperidine rings is 1. The van der Waals surface area contributed by atoms with E-state index in [-0.39, 0.29) is 6.04 Å². The summed E-state index contributed by atoms with van der Waals surface area (Å²) in [5.74, 6) is -0.404. The number of carboxylic acids is 1. The van der Waals surface area contributed by atoms with Crippen molar-refractivity contribution in [2.45, 2.75) is 18.9 Å². The minimum absolute atomic E-state index is 0.0138. The number of rotatable bonds is 3. The molecular weight excluding hydrogens is 216 g/mol.